The Bertz CT molecular complexity index is 743. The number of aromatic nitrogens is 1. The fraction of sp³-hybridized carbons (Fsp3) is 0.545. The van der Waals surface area contributed by atoms with Gasteiger partial charge in [0.05, 0.1) is 17.7 Å². The van der Waals surface area contributed by atoms with Crippen LogP contribution in [0.2, 0.25) is 0 Å². The van der Waals surface area contributed by atoms with Crippen molar-refractivity contribution in [2.24, 2.45) is 11.8 Å². The zero-order chi connectivity index (χ0) is 17.8. The molecule has 138 valence electrons. The number of amides is 1. The van der Waals surface area contributed by atoms with E-state index in [0.29, 0.717) is 11.8 Å². The molecule has 4 heteroatoms. The maximum atomic E-state index is 13.5. The zero-order valence-corrected chi connectivity index (χ0v) is 15.4. The Morgan fingerprint density at radius 2 is 1.85 bits per heavy atom. The monoisotopic (exact) mass is 352 g/mol. The first-order chi connectivity index (χ1) is 12.8. The van der Waals surface area contributed by atoms with Crippen LogP contribution in [0.3, 0.4) is 0 Å². The second-order valence-electron chi connectivity index (χ2n) is 7.82. The molecule has 1 aromatic heterocycles. The minimum absolute atomic E-state index is 0.154. The van der Waals surface area contributed by atoms with Crippen molar-refractivity contribution >= 4 is 16.8 Å². The summed E-state index contributed by atoms with van der Waals surface area (Å²) in [6.45, 7) is 3.30. The molecule has 1 amide bonds. The van der Waals surface area contributed by atoms with E-state index in [1.807, 2.05) is 30.3 Å². The Hall–Kier alpha value is -1.94. The van der Waals surface area contributed by atoms with Gasteiger partial charge in [-0.2, -0.15) is 0 Å². The maximum absolute atomic E-state index is 13.5. The predicted molar refractivity (Wildman–Crippen MR) is 103 cm³/mol. The number of rotatable bonds is 5. The van der Waals surface area contributed by atoms with Gasteiger partial charge in [0.2, 0.25) is 0 Å². The molecule has 4 rings (SSSR count). The molecule has 0 unspecified atom stereocenters. The lowest BCUT2D eigenvalue weighted by Gasteiger charge is -2.31. The highest BCUT2D eigenvalue weighted by Gasteiger charge is 2.27. The van der Waals surface area contributed by atoms with Crippen LogP contribution in [-0.4, -0.2) is 42.1 Å². The number of hydrogen-bond donors (Lipinski definition) is 0. The Kier molecular flexibility index (Phi) is 5.49. The molecule has 1 aliphatic carbocycles. The van der Waals surface area contributed by atoms with E-state index in [-0.39, 0.29) is 5.91 Å². The Morgan fingerprint density at radius 1 is 1.04 bits per heavy atom. The molecule has 1 saturated heterocycles. The van der Waals surface area contributed by atoms with Crippen molar-refractivity contribution in [1.29, 1.82) is 0 Å². The third-order valence-electron chi connectivity index (χ3n) is 5.87. The lowest BCUT2D eigenvalue weighted by Crippen LogP contribution is -2.39. The summed E-state index contributed by atoms with van der Waals surface area (Å²) in [5.74, 6) is 1.26. The summed E-state index contributed by atoms with van der Waals surface area (Å²) in [6.07, 6.45) is 9.27. The fourth-order valence-corrected chi connectivity index (χ4v) is 4.41. The van der Waals surface area contributed by atoms with Gasteiger partial charge in [0.25, 0.3) is 5.91 Å². The Morgan fingerprint density at radius 3 is 2.65 bits per heavy atom. The van der Waals surface area contributed by atoms with Gasteiger partial charge in [0.1, 0.15) is 0 Å². The van der Waals surface area contributed by atoms with E-state index in [4.69, 9.17) is 4.74 Å². The first-order valence-corrected chi connectivity index (χ1v) is 10.0. The molecule has 1 saturated carbocycles. The van der Waals surface area contributed by atoms with Crippen LogP contribution < -0.4 is 0 Å². The van der Waals surface area contributed by atoms with Crippen LogP contribution >= 0.6 is 0 Å². The minimum Gasteiger partial charge on any atom is -0.381 e. The first-order valence-electron chi connectivity index (χ1n) is 10.0. The molecule has 0 bridgehead atoms. The normalized spacial score (nSPS) is 21.2. The average Bonchev–Trinajstić information content (AvgIpc) is 3.20. The van der Waals surface area contributed by atoms with E-state index in [9.17, 15) is 4.79 Å². The third kappa shape index (κ3) is 3.90. The van der Waals surface area contributed by atoms with Crippen molar-refractivity contribution in [2.75, 3.05) is 26.3 Å². The number of hydrogen-bond acceptors (Lipinski definition) is 3. The number of nitrogens with zero attached hydrogens (tertiary/aromatic N) is 2. The van der Waals surface area contributed by atoms with Crippen LogP contribution in [0.4, 0.5) is 0 Å². The standard InChI is InChI=1S/C22H28N2O2/c25-22(20-10-12-23-21-9-5-4-8-19(20)21)24(15-18-11-13-26-16-18)14-17-6-2-1-3-7-17/h4-5,8-10,12,17-18H,1-3,6-7,11,13-16H2/t18-/m1/s1. The summed E-state index contributed by atoms with van der Waals surface area (Å²) >= 11 is 0. The van der Waals surface area contributed by atoms with Gasteiger partial charge in [-0.05, 0) is 37.3 Å². The molecular formula is C22H28N2O2. The van der Waals surface area contributed by atoms with Gasteiger partial charge in [-0.15, -0.1) is 0 Å². The highest BCUT2D eigenvalue weighted by molar-refractivity contribution is 6.05. The lowest BCUT2D eigenvalue weighted by molar-refractivity contribution is 0.0675. The third-order valence-corrected chi connectivity index (χ3v) is 5.87. The number of benzene rings is 1. The van der Waals surface area contributed by atoms with Gasteiger partial charge in [-0.3, -0.25) is 9.78 Å². The quantitative estimate of drug-likeness (QED) is 0.806. The molecule has 2 fully saturated rings. The Labute approximate surface area is 155 Å². The van der Waals surface area contributed by atoms with E-state index >= 15 is 0 Å². The summed E-state index contributed by atoms with van der Waals surface area (Å²) in [5, 5.41) is 0.955. The summed E-state index contributed by atoms with van der Waals surface area (Å²) in [7, 11) is 0. The molecule has 1 aromatic carbocycles. The van der Waals surface area contributed by atoms with E-state index in [1.54, 1.807) is 6.20 Å². The van der Waals surface area contributed by atoms with Crippen LogP contribution in [0.1, 0.15) is 48.9 Å². The zero-order valence-electron chi connectivity index (χ0n) is 15.4. The summed E-state index contributed by atoms with van der Waals surface area (Å²) in [4.78, 5) is 20.0. The van der Waals surface area contributed by atoms with Gasteiger partial charge in [0, 0.05) is 37.2 Å². The summed E-state index contributed by atoms with van der Waals surface area (Å²) in [5.41, 5.74) is 1.67. The molecule has 2 heterocycles. The largest absolute Gasteiger partial charge is 0.381 e. The number of fused-ring (bicyclic) bond motifs is 1. The lowest BCUT2D eigenvalue weighted by atomic mass is 9.88. The molecular weight excluding hydrogens is 324 g/mol. The van der Waals surface area contributed by atoms with E-state index in [1.165, 1.54) is 32.1 Å². The van der Waals surface area contributed by atoms with Gasteiger partial charge in [-0.25, -0.2) is 0 Å². The van der Waals surface area contributed by atoms with Crippen molar-refractivity contribution < 1.29 is 9.53 Å². The number of carbonyl (C=O) groups excluding carboxylic acids is 1. The van der Waals surface area contributed by atoms with E-state index in [0.717, 1.165) is 49.2 Å². The van der Waals surface area contributed by atoms with Gasteiger partial charge < -0.3 is 9.64 Å². The van der Waals surface area contributed by atoms with Crippen LogP contribution in [0, 0.1) is 11.8 Å². The van der Waals surface area contributed by atoms with E-state index < -0.39 is 0 Å². The maximum Gasteiger partial charge on any atom is 0.254 e. The molecule has 2 aliphatic rings. The summed E-state index contributed by atoms with van der Waals surface area (Å²) in [6, 6.07) is 9.81. The minimum atomic E-state index is 0.154. The number of carbonyl (C=O) groups is 1. The SMILES string of the molecule is O=C(c1ccnc2ccccc12)N(CC1CCCCC1)C[C@H]1CCOC1. The van der Waals surface area contributed by atoms with Crippen LogP contribution in [0.15, 0.2) is 36.5 Å². The van der Waals surface area contributed by atoms with Crippen LogP contribution in [0.25, 0.3) is 10.9 Å². The van der Waals surface area contributed by atoms with Gasteiger partial charge >= 0.3 is 0 Å². The smallest absolute Gasteiger partial charge is 0.254 e. The Balaban J connectivity index is 1.59. The molecule has 0 N–H and O–H groups in total. The average molecular weight is 352 g/mol. The highest BCUT2D eigenvalue weighted by atomic mass is 16.5. The first kappa shape index (κ1) is 17.5. The molecule has 0 radical (unpaired) electrons. The predicted octanol–water partition coefficient (Wildman–Crippen LogP) is 4.29. The van der Waals surface area contributed by atoms with Crippen molar-refractivity contribution in [3.63, 3.8) is 0 Å². The fourth-order valence-electron chi connectivity index (χ4n) is 4.41. The van der Waals surface area contributed by atoms with Gasteiger partial charge in [-0.1, -0.05) is 37.5 Å². The second-order valence-corrected chi connectivity index (χ2v) is 7.82. The molecule has 0 spiro atoms. The molecule has 2 aromatic rings. The van der Waals surface area contributed by atoms with E-state index in [2.05, 4.69) is 9.88 Å². The summed E-state index contributed by atoms with van der Waals surface area (Å²) < 4.78 is 5.56. The number of para-hydroxylation sites is 1. The highest BCUT2D eigenvalue weighted by Crippen LogP contribution is 2.27. The van der Waals surface area contributed by atoms with Crippen LogP contribution in [0.5, 0.6) is 0 Å². The molecule has 26 heavy (non-hydrogen) atoms. The molecule has 1 atom stereocenters. The second kappa shape index (κ2) is 8.17. The topological polar surface area (TPSA) is 42.4 Å². The number of pyridine rings is 1. The van der Waals surface area contributed by atoms with Crippen molar-refractivity contribution in [3.05, 3.63) is 42.1 Å². The van der Waals surface area contributed by atoms with Crippen LogP contribution in [-0.2, 0) is 4.74 Å². The van der Waals surface area contributed by atoms with Gasteiger partial charge in [0.15, 0.2) is 0 Å². The van der Waals surface area contributed by atoms with Crippen molar-refractivity contribution in [3.8, 4) is 0 Å². The molecule has 4 nitrogen and oxygen atoms in total. The molecule has 1 aliphatic heterocycles. The van der Waals surface area contributed by atoms with Crippen molar-refractivity contribution in [2.45, 2.75) is 38.5 Å². The number of ether oxygens (including phenoxy) is 1. The van der Waals surface area contributed by atoms with Crippen molar-refractivity contribution in [1.82, 2.24) is 9.88 Å².